The van der Waals surface area contributed by atoms with Crippen LogP contribution in [-0.2, 0) is 16.1 Å². The van der Waals surface area contributed by atoms with Gasteiger partial charge in [0.25, 0.3) is 5.91 Å². The third-order valence-corrected chi connectivity index (χ3v) is 5.35. The van der Waals surface area contributed by atoms with Gasteiger partial charge in [-0.2, -0.15) is 0 Å². The molecule has 0 saturated heterocycles. The smallest absolute Gasteiger partial charge is 0.265 e. The van der Waals surface area contributed by atoms with Crippen molar-refractivity contribution in [3.63, 3.8) is 0 Å². The SMILES string of the molecule is COc1ccc2c(c1)OC(C(C)C)C(=O)N(Cc1c(F)cccc1F)C2C(=O)NC(C)(C)C. The number of fused-ring (bicyclic) bond motifs is 1. The first-order valence-corrected chi connectivity index (χ1v) is 10.8. The predicted molar refractivity (Wildman–Crippen MR) is 120 cm³/mol. The molecule has 6 nitrogen and oxygen atoms in total. The number of ether oxygens (including phenoxy) is 2. The quantitative estimate of drug-likeness (QED) is 0.719. The minimum absolute atomic E-state index is 0.269. The molecular formula is C25H30F2N2O4. The van der Waals surface area contributed by atoms with Gasteiger partial charge in [-0.3, -0.25) is 9.59 Å². The van der Waals surface area contributed by atoms with Gasteiger partial charge in [0.1, 0.15) is 29.2 Å². The van der Waals surface area contributed by atoms with E-state index in [2.05, 4.69) is 5.32 Å². The van der Waals surface area contributed by atoms with Gasteiger partial charge in [-0.1, -0.05) is 19.9 Å². The van der Waals surface area contributed by atoms with Gasteiger partial charge in [0.2, 0.25) is 5.91 Å². The lowest BCUT2D eigenvalue weighted by Gasteiger charge is -2.33. The zero-order valence-electron chi connectivity index (χ0n) is 19.7. The number of carbonyl (C=O) groups is 2. The van der Waals surface area contributed by atoms with Crippen LogP contribution in [0.4, 0.5) is 8.78 Å². The molecule has 0 spiro atoms. The van der Waals surface area contributed by atoms with E-state index in [4.69, 9.17) is 9.47 Å². The molecule has 33 heavy (non-hydrogen) atoms. The van der Waals surface area contributed by atoms with Gasteiger partial charge < -0.3 is 19.7 Å². The zero-order valence-corrected chi connectivity index (χ0v) is 19.7. The highest BCUT2D eigenvalue weighted by Gasteiger charge is 2.43. The molecule has 0 aromatic heterocycles. The first-order chi connectivity index (χ1) is 15.4. The Bertz CT molecular complexity index is 1030. The molecular weight excluding hydrogens is 430 g/mol. The summed E-state index contributed by atoms with van der Waals surface area (Å²) in [5.74, 6) is -2.06. The van der Waals surface area contributed by atoms with Gasteiger partial charge in [-0.25, -0.2) is 8.78 Å². The summed E-state index contributed by atoms with van der Waals surface area (Å²) in [6.07, 6.45) is -0.960. The Kier molecular flexibility index (Phi) is 6.95. The van der Waals surface area contributed by atoms with Crippen LogP contribution in [0.3, 0.4) is 0 Å². The molecule has 2 amide bonds. The van der Waals surface area contributed by atoms with Crippen LogP contribution in [0.25, 0.3) is 0 Å². The minimum Gasteiger partial charge on any atom is -0.497 e. The zero-order chi connectivity index (χ0) is 24.5. The number of nitrogens with zero attached hydrogens (tertiary/aromatic N) is 1. The van der Waals surface area contributed by atoms with Gasteiger partial charge in [0.05, 0.1) is 13.7 Å². The van der Waals surface area contributed by atoms with Crippen molar-refractivity contribution in [2.45, 2.75) is 58.8 Å². The Morgan fingerprint density at radius 1 is 1.18 bits per heavy atom. The van der Waals surface area contributed by atoms with Gasteiger partial charge in [-0.15, -0.1) is 0 Å². The standard InChI is InChI=1S/C25H30F2N2O4/c1-14(2)22-24(31)29(13-17-18(26)8-7-9-19(17)27)21(23(30)28-25(3,4)5)16-11-10-15(32-6)12-20(16)33-22/h7-12,14,21-22H,13H2,1-6H3,(H,28,30). The van der Waals surface area contributed by atoms with Crippen molar-refractivity contribution in [1.82, 2.24) is 10.2 Å². The summed E-state index contributed by atoms with van der Waals surface area (Å²) in [7, 11) is 1.50. The second-order valence-electron chi connectivity index (χ2n) is 9.49. The monoisotopic (exact) mass is 460 g/mol. The normalized spacial score (nSPS) is 18.5. The fourth-order valence-electron chi connectivity index (χ4n) is 3.78. The summed E-state index contributed by atoms with van der Waals surface area (Å²) >= 11 is 0. The third-order valence-electron chi connectivity index (χ3n) is 5.35. The molecule has 1 heterocycles. The van der Waals surface area contributed by atoms with Crippen molar-refractivity contribution < 1.29 is 27.8 Å². The first-order valence-electron chi connectivity index (χ1n) is 10.8. The molecule has 2 unspecified atom stereocenters. The van der Waals surface area contributed by atoms with E-state index in [1.54, 1.807) is 32.0 Å². The molecule has 0 fully saturated rings. The number of hydrogen-bond acceptors (Lipinski definition) is 4. The van der Waals surface area contributed by atoms with E-state index < -0.39 is 47.7 Å². The Morgan fingerprint density at radius 2 is 1.82 bits per heavy atom. The fourth-order valence-corrected chi connectivity index (χ4v) is 3.78. The molecule has 0 saturated carbocycles. The average Bonchev–Trinajstić information content (AvgIpc) is 2.83. The molecule has 8 heteroatoms. The van der Waals surface area contributed by atoms with Crippen LogP contribution >= 0.6 is 0 Å². The number of hydrogen-bond donors (Lipinski definition) is 1. The van der Waals surface area contributed by atoms with Crippen LogP contribution in [0, 0.1) is 17.6 Å². The maximum absolute atomic E-state index is 14.6. The van der Waals surface area contributed by atoms with Crippen molar-refractivity contribution in [3.8, 4) is 11.5 Å². The van der Waals surface area contributed by atoms with E-state index in [1.165, 1.54) is 18.1 Å². The van der Waals surface area contributed by atoms with Crippen molar-refractivity contribution >= 4 is 11.8 Å². The van der Waals surface area contributed by atoms with Crippen LogP contribution in [0.2, 0.25) is 0 Å². The lowest BCUT2D eigenvalue weighted by atomic mass is 9.99. The summed E-state index contributed by atoms with van der Waals surface area (Å²) in [4.78, 5) is 28.4. The number of amides is 2. The van der Waals surface area contributed by atoms with Gasteiger partial charge in [0.15, 0.2) is 6.10 Å². The van der Waals surface area contributed by atoms with E-state index in [9.17, 15) is 18.4 Å². The molecule has 0 bridgehead atoms. The van der Waals surface area contributed by atoms with Gasteiger partial charge in [-0.05, 0) is 51.0 Å². The van der Waals surface area contributed by atoms with Crippen molar-refractivity contribution in [2.75, 3.05) is 7.11 Å². The van der Waals surface area contributed by atoms with E-state index in [0.29, 0.717) is 17.1 Å². The summed E-state index contributed by atoms with van der Waals surface area (Å²) in [5, 5.41) is 2.89. The molecule has 2 atom stereocenters. The highest BCUT2D eigenvalue weighted by atomic mass is 19.1. The van der Waals surface area contributed by atoms with Crippen LogP contribution in [0.1, 0.15) is 51.8 Å². The summed E-state index contributed by atoms with van der Waals surface area (Å²) in [6.45, 7) is 8.61. The first kappa shape index (κ1) is 24.5. The highest BCUT2D eigenvalue weighted by Crippen LogP contribution is 2.39. The molecule has 3 rings (SSSR count). The second kappa shape index (κ2) is 9.37. The maximum atomic E-state index is 14.6. The largest absolute Gasteiger partial charge is 0.497 e. The Balaban J connectivity index is 2.21. The lowest BCUT2D eigenvalue weighted by Crippen LogP contribution is -2.51. The number of carbonyl (C=O) groups excluding carboxylic acids is 2. The number of nitrogens with one attached hydrogen (secondary N) is 1. The molecule has 2 aromatic carbocycles. The second-order valence-corrected chi connectivity index (χ2v) is 9.49. The number of methoxy groups -OCH3 is 1. The van der Waals surface area contributed by atoms with Crippen LogP contribution in [0.5, 0.6) is 11.5 Å². The van der Waals surface area contributed by atoms with E-state index >= 15 is 0 Å². The molecule has 1 aliphatic heterocycles. The summed E-state index contributed by atoms with van der Waals surface area (Å²) in [5.41, 5.74) is -0.489. The van der Waals surface area contributed by atoms with Crippen molar-refractivity contribution in [1.29, 1.82) is 0 Å². The molecule has 0 aliphatic carbocycles. The molecule has 0 radical (unpaired) electrons. The average molecular weight is 461 g/mol. The lowest BCUT2D eigenvalue weighted by molar-refractivity contribution is -0.147. The number of rotatable bonds is 5. The Labute approximate surface area is 192 Å². The van der Waals surface area contributed by atoms with Crippen LogP contribution in [0.15, 0.2) is 36.4 Å². The summed E-state index contributed by atoms with van der Waals surface area (Å²) in [6, 6.07) is 7.25. The minimum atomic E-state index is -1.17. The number of benzene rings is 2. The highest BCUT2D eigenvalue weighted by molar-refractivity contribution is 5.92. The molecule has 1 aliphatic rings. The predicted octanol–water partition coefficient (Wildman–Crippen LogP) is 4.38. The van der Waals surface area contributed by atoms with E-state index in [0.717, 1.165) is 12.1 Å². The van der Waals surface area contributed by atoms with Gasteiger partial charge >= 0.3 is 0 Å². The van der Waals surface area contributed by atoms with Crippen LogP contribution in [-0.4, -0.2) is 35.5 Å². The van der Waals surface area contributed by atoms with E-state index in [-0.39, 0.29) is 11.5 Å². The van der Waals surface area contributed by atoms with Crippen LogP contribution < -0.4 is 14.8 Å². The molecule has 178 valence electrons. The van der Waals surface area contributed by atoms with Gasteiger partial charge in [0, 0.05) is 22.7 Å². The molecule has 2 aromatic rings. The Hall–Kier alpha value is -3.16. The number of halogens is 2. The fraction of sp³-hybridized carbons (Fsp3) is 0.440. The Morgan fingerprint density at radius 3 is 2.36 bits per heavy atom. The maximum Gasteiger partial charge on any atom is 0.265 e. The van der Waals surface area contributed by atoms with E-state index in [1.807, 2.05) is 20.8 Å². The molecule has 1 N–H and O–H groups in total. The third kappa shape index (κ3) is 5.26. The van der Waals surface area contributed by atoms with Crippen molar-refractivity contribution in [3.05, 3.63) is 59.2 Å². The topological polar surface area (TPSA) is 67.9 Å². The summed E-state index contributed by atoms with van der Waals surface area (Å²) < 4.78 is 40.5. The van der Waals surface area contributed by atoms with Crippen molar-refractivity contribution in [2.24, 2.45) is 5.92 Å².